The fraction of sp³-hybridized carbons (Fsp3) is 0.818. The van der Waals surface area contributed by atoms with Gasteiger partial charge in [0.05, 0.1) is 13.0 Å². The maximum atomic E-state index is 11.8. The number of likely N-dealkylation sites (N-methyl/N-ethyl adjacent to an activating group) is 1. The molecule has 1 atom stereocenters. The number of nitrogens with zero attached hydrogens (tertiary/aromatic N) is 2. The van der Waals surface area contributed by atoms with Crippen LogP contribution in [0.1, 0.15) is 13.3 Å². The van der Waals surface area contributed by atoms with Gasteiger partial charge in [-0.15, -0.1) is 0 Å². The third kappa shape index (κ3) is 3.48. The van der Waals surface area contributed by atoms with Crippen LogP contribution in [0.15, 0.2) is 0 Å². The van der Waals surface area contributed by atoms with Crippen LogP contribution >= 0.6 is 0 Å². The Morgan fingerprint density at radius 2 is 1.81 bits per heavy atom. The summed E-state index contributed by atoms with van der Waals surface area (Å²) in [5.74, 6) is -0.620. The summed E-state index contributed by atoms with van der Waals surface area (Å²) in [5.41, 5.74) is 0. The standard InChI is InChI=1S/C11H20N2O3/c1-9(11(15)16-3)8-10(14)13-6-4-12(2)5-7-13/h9H,4-8H2,1-3H3. The van der Waals surface area contributed by atoms with Crippen molar-refractivity contribution in [2.75, 3.05) is 40.3 Å². The van der Waals surface area contributed by atoms with Crippen LogP contribution in [-0.2, 0) is 14.3 Å². The molecule has 0 bridgehead atoms. The summed E-state index contributed by atoms with van der Waals surface area (Å²) in [5, 5.41) is 0. The summed E-state index contributed by atoms with van der Waals surface area (Å²) < 4.78 is 4.60. The molecule has 0 N–H and O–H groups in total. The van der Waals surface area contributed by atoms with E-state index in [-0.39, 0.29) is 24.2 Å². The van der Waals surface area contributed by atoms with E-state index in [1.165, 1.54) is 7.11 Å². The topological polar surface area (TPSA) is 49.9 Å². The maximum Gasteiger partial charge on any atom is 0.308 e. The van der Waals surface area contributed by atoms with Gasteiger partial charge < -0.3 is 14.5 Å². The summed E-state index contributed by atoms with van der Waals surface area (Å²) in [6.07, 6.45) is 0.246. The number of ether oxygens (including phenoxy) is 1. The number of esters is 1. The Kier molecular flexibility index (Phi) is 4.73. The van der Waals surface area contributed by atoms with E-state index in [2.05, 4.69) is 9.64 Å². The van der Waals surface area contributed by atoms with Crippen molar-refractivity contribution < 1.29 is 14.3 Å². The highest BCUT2D eigenvalue weighted by molar-refractivity contribution is 5.82. The molecule has 1 heterocycles. The fourth-order valence-corrected chi connectivity index (χ4v) is 1.73. The molecule has 1 rings (SSSR count). The molecule has 1 aliphatic rings. The smallest absolute Gasteiger partial charge is 0.308 e. The lowest BCUT2D eigenvalue weighted by Gasteiger charge is -2.32. The van der Waals surface area contributed by atoms with Crippen LogP contribution in [0.4, 0.5) is 0 Å². The number of piperazine rings is 1. The summed E-state index contributed by atoms with van der Waals surface area (Å²) >= 11 is 0. The number of rotatable bonds is 3. The van der Waals surface area contributed by atoms with Gasteiger partial charge in [-0.1, -0.05) is 6.92 Å². The lowest BCUT2D eigenvalue weighted by atomic mass is 10.1. The molecule has 92 valence electrons. The minimum Gasteiger partial charge on any atom is -0.469 e. The Hall–Kier alpha value is -1.10. The van der Waals surface area contributed by atoms with E-state index in [9.17, 15) is 9.59 Å². The van der Waals surface area contributed by atoms with Gasteiger partial charge >= 0.3 is 5.97 Å². The van der Waals surface area contributed by atoms with E-state index in [1.807, 2.05) is 11.9 Å². The van der Waals surface area contributed by atoms with E-state index in [4.69, 9.17) is 0 Å². The number of hydrogen-bond donors (Lipinski definition) is 0. The van der Waals surface area contributed by atoms with Crippen LogP contribution in [0, 0.1) is 5.92 Å². The van der Waals surface area contributed by atoms with Gasteiger partial charge in [-0.3, -0.25) is 9.59 Å². The van der Waals surface area contributed by atoms with Crippen molar-refractivity contribution in [2.24, 2.45) is 5.92 Å². The lowest BCUT2D eigenvalue weighted by Crippen LogP contribution is -2.47. The van der Waals surface area contributed by atoms with Gasteiger partial charge in [0.25, 0.3) is 0 Å². The molecule has 1 fully saturated rings. The van der Waals surface area contributed by atoms with Crippen LogP contribution in [-0.4, -0.2) is 62.0 Å². The van der Waals surface area contributed by atoms with E-state index in [0.717, 1.165) is 26.2 Å². The average molecular weight is 228 g/mol. The molecule has 0 saturated carbocycles. The Labute approximate surface area is 96.3 Å². The van der Waals surface area contributed by atoms with Crippen LogP contribution in [0.25, 0.3) is 0 Å². The molecular formula is C11H20N2O3. The van der Waals surface area contributed by atoms with Crippen molar-refractivity contribution in [1.29, 1.82) is 0 Å². The predicted octanol–water partition coefficient (Wildman–Crippen LogP) is -0.0404. The summed E-state index contributed by atoms with van der Waals surface area (Å²) in [7, 11) is 3.39. The zero-order chi connectivity index (χ0) is 12.1. The van der Waals surface area contributed by atoms with E-state index >= 15 is 0 Å². The van der Waals surface area contributed by atoms with E-state index < -0.39 is 0 Å². The Morgan fingerprint density at radius 3 is 2.31 bits per heavy atom. The van der Waals surface area contributed by atoms with Crippen molar-refractivity contribution >= 4 is 11.9 Å². The van der Waals surface area contributed by atoms with Gasteiger partial charge in [0.15, 0.2) is 0 Å². The molecular weight excluding hydrogens is 208 g/mol. The number of hydrogen-bond acceptors (Lipinski definition) is 4. The molecule has 5 heteroatoms. The lowest BCUT2D eigenvalue weighted by molar-refractivity contribution is -0.148. The maximum absolute atomic E-state index is 11.8. The summed E-state index contributed by atoms with van der Waals surface area (Å²) in [4.78, 5) is 27.0. The number of carbonyl (C=O) groups excluding carboxylic acids is 2. The van der Waals surface area contributed by atoms with Gasteiger partial charge in [0, 0.05) is 32.6 Å². The molecule has 1 unspecified atom stereocenters. The zero-order valence-electron chi connectivity index (χ0n) is 10.2. The van der Waals surface area contributed by atoms with Crippen molar-refractivity contribution in [3.8, 4) is 0 Å². The zero-order valence-corrected chi connectivity index (χ0v) is 10.2. The predicted molar refractivity (Wildman–Crippen MR) is 59.9 cm³/mol. The van der Waals surface area contributed by atoms with Crippen LogP contribution in [0.2, 0.25) is 0 Å². The number of amides is 1. The van der Waals surface area contributed by atoms with Crippen LogP contribution < -0.4 is 0 Å². The first kappa shape index (κ1) is 13.0. The second-order valence-corrected chi connectivity index (χ2v) is 4.31. The minimum atomic E-state index is -0.350. The highest BCUT2D eigenvalue weighted by Gasteiger charge is 2.23. The monoisotopic (exact) mass is 228 g/mol. The van der Waals surface area contributed by atoms with Crippen LogP contribution in [0.5, 0.6) is 0 Å². The minimum absolute atomic E-state index is 0.0472. The van der Waals surface area contributed by atoms with E-state index in [1.54, 1.807) is 6.92 Å². The third-order valence-electron chi connectivity index (χ3n) is 2.94. The first-order chi connectivity index (χ1) is 7.54. The molecule has 0 aliphatic carbocycles. The molecule has 5 nitrogen and oxygen atoms in total. The second kappa shape index (κ2) is 5.84. The SMILES string of the molecule is COC(=O)C(C)CC(=O)N1CCN(C)CC1. The molecule has 16 heavy (non-hydrogen) atoms. The summed E-state index contributed by atoms with van der Waals surface area (Å²) in [6.45, 7) is 5.03. The molecule has 0 aromatic heterocycles. The molecule has 1 amide bonds. The molecule has 1 saturated heterocycles. The fourth-order valence-electron chi connectivity index (χ4n) is 1.73. The van der Waals surface area contributed by atoms with Crippen LogP contribution in [0.3, 0.4) is 0 Å². The molecule has 0 aromatic rings. The quantitative estimate of drug-likeness (QED) is 0.636. The van der Waals surface area contributed by atoms with Gasteiger partial charge in [0.1, 0.15) is 0 Å². The first-order valence-electron chi connectivity index (χ1n) is 5.58. The van der Waals surface area contributed by atoms with Gasteiger partial charge in [-0.25, -0.2) is 0 Å². The summed E-state index contributed by atoms with van der Waals surface area (Å²) in [6, 6.07) is 0. The van der Waals surface area contributed by atoms with Crippen molar-refractivity contribution in [3.05, 3.63) is 0 Å². The number of methoxy groups -OCH3 is 1. The number of carbonyl (C=O) groups is 2. The highest BCUT2D eigenvalue weighted by Crippen LogP contribution is 2.09. The Balaban J connectivity index is 2.37. The van der Waals surface area contributed by atoms with Gasteiger partial charge in [0.2, 0.25) is 5.91 Å². The van der Waals surface area contributed by atoms with Crippen molar-refractivity contribution in [1.82, 2.24) is 9.80 Å². The Morgan fingerprint density at radius 1 is 1.25 bits per heavy atom. The van der Waals surface area contributed by atoms with E-state index in [0.29, 0.717) is 0 Å². The van der Waals surface area contributed by atoms with Crippen molar-refractivity contribution in [3.63, 3.8) is 0 Å². The van der Waals surface area contributed by atoms with Gasteiger partial charge in [-0.2, -0.15) is 0 Å². The normalized spacial score (nSPS) is 19.3. The second-order valence-electron chi connectivity index (χ2n) is 4.31. The largest absolute Gasteiger partial charge is 0.469 e. The first-order valence-corrected chi connectivity index (χ1v) is 5.58. The van der Waals surface area contributed by atoms with Crippen molar-refractivity contribution in [2.45, 2.75) is 13.3 Å². The molecule has 1 aliphatic heterocycles. The highest BCUT2D eigenvalue weighted by atomic mass is 16.5. The average Bonchev–Trinajstić information content (AvgIpc) is 2.28. The molecule has 0 spiro atoms. The molecule has 0 aromatic carbocycles. The third-order valence-corrected chi connectivity index (χ3v) is 2.94. The Bertz CT molecular complexity index is 260. The molecule has 0 radical (unpaired) electrons. The van der Waals surface area contributed by atoms with Gasteiger partial charge in [-0.05, 0) is 7.05 Å².